The Labute approximate surface area is 203 Å². The predicted octanol–water partition coefficient (Wildman–Crippen LogP) is 5.16. The minimum Gasteiger partial charge on any atom is -0.481 e. The fourth-order valence-corrected chi connectivity index (χ4v) is 5.40. The fourth-order valence-electron chi connectivity index (χ4n) is 5.40. The Balaban J connectivity index is 1.36. The molecule has 2 aliphatic heterocycles. The van der Waals surface area contributed by atoms with Crippen LogP contribution in [0.3, 0.4) is 0 Å². The van der Waals surface area contributed by atoms with E-state index in [9.17, 15) is 9.59 Å². The van der Waals surface area contributed by atoms with E-state index in [2.05, 4.69) is 54.3 Å². The van der Waals surface area contributed by atoms with Gasteiger partial charge in [-0.05, 0) is 72.4 Å². The molecule has 0 bridgehead atoms. The maximum absolute atomic E-state index is 12.8. The molecule has 1 fully saturated rings. The second kappa shape index (κ2) is 10.3. The van der Waals surface area contributed by atoms with Gasteiger partial charge in [-0.2, -0.15) is 0 Å². The van der Waals surface area contributed by atoms with Crippen molar-refractivity contribution in [2.45, 2.75) is 71.9 Å². The average Bonchev–Trinajstić information content (AvgIpc) is 3.20. The maximum Gasteiger partial charge on any atom is 0.303 e. The van der Waals surface area contributed by atoms with Crippen LogP contribution in [-0.2, 0) is 29.0 Å². The highest BCUT2D eigenvalue weighted by Crippen LogP contribution is 2.30. The van der Waals surface area contributed by atoms with Gasteiger partial charge in [-0.1, -0.05) is 56.3 Å². The first-order valence-electron chi connectivity index (χ1n) is 12.6. The van der Waals surface area contributed by atoms with Crippen molar-refractivity contribution in [3.05, 3.63) is 59.2 Å². The number of carboxylic acid groups (broad SMARTS) is 1. The molecule has 1 saturated heterocycles. The third-order valence-corrected chi connectivity index (χ3v) is 7.50. The van der Waals surface area contributed by atoms with E-state index in [0.717, 1.165) is 25.4 Å². The lowest BCUT2D eigenvalue weighted by atomic mass is 9.84. The minimum atomic E-state index is -0.858. The average molecular weight is 463 g/mol. The highest BCUT2D eigenvalue weighted by atomic mass is 16.4. The second-order valence-electron chi connectivity index (χ2n) is 10.9. The first-order valence-corrected chi connectivity index (χ1v) is 12.6. The zero-order valence-corrected chi connectivity index (χ0v) is 20.8. The molecule has 2 aromatic carbocycles. The van der Waals surface area contributed by atoms with Crippen LogP contribution in [0.15, 0.2) is 42.5 Å². The van der Waals surface area contributed by atoms with Crippen molar-refractivity contribution < 1.29 is 14.7 Å². The Morgan fingerprint density at radius 2 is 1.74 bits per heavy atom. The van der Waals surface area contributed by atoms with E-state index >= 15 is 0 Å². The van der Waals surface area contributed by atoms with Gasteiger partial charge in [0.25, 0.3) is 0 Å². The van der Waals surface area contributed by atoms with Crippen LogP contribution < -0.4 is 0 Å². The fraction of sp³-hybridized carbons (Fsp3) is 0.517. The highest BCUT2D eigenvalue weighted by Gasteiger charge is 2.29. The number of hydrogen-bond acceptors (Lipinski definition) is 3. The molecule has 1 amide bonds. The summed E-state index contributed by atoms with van der Waals surface area (Å²) in [5.74, 6) is -0.816. The zero-order chi connectivity index (χ0) is 24.3. The number of benzene rings is 2. The van der Waals surface area contributed by atoms with Gasteiger partial charge >= 0.3 is 5.97 Å². The summed E-state index contributed by atoms with van der Waals surface area (Å²) in [5.41, 5.74) is 5.80. The van der Waals surface area contributed by atoms with Crippen LogP contribution in [0.1, 0.15) is 63.1 Å². The largest absolute Gasteiger partial charge is 0.481 e. The normalized spacial score (nSPS) is 18.7. The molecule has 1 N–H and O–H groups in total. The SMILES string of the molecule is CC1CCCN1CCc1ccc(-c2ccc3c(c2)CCN(C(=O)CC(C)(C)CC(=O)O)C3)cc1. The summed E-state index contributed by atoms with van der Waals surface area (Å²) in [6.45, 7) is 9.70. The van der Waals surface area contributed by atoms with Gasteiger partial charge in [-0.25, -0.2) is 0 Å². The predicted molar refractivity (Wildman–Crippen MR) is 136 cm³/mol. The van der Waals surface area contributed by atoms with Gasteiger partial charge in [0.1, 0.15) is 0 Å². The van der Waals surface area contributed by atoms with Gasteiger partial charge < -0.3 is 14.9 Å². The number of aliphatic carboxylic acids is 1. The van der Waals surface area contributed by atoms with Crippen molar-refractivity contribution >= 4 is 11.9 Å². The lowest BCUT2D eigenvalue weighted by molar-refractivity contribution is -0.141. The third kappa shape index (κ3) is 6.06. The summed E-state index contributed by atoms with van der Waals surface area (Å²) in [6, 6.07) is 16.3. The number of carboxylic acids is 1. The number of nitrogens with zero attached hydrogens (tertiary/aromatic N) is 2. The van der Waals surface area contributed by atoms with E-state index in [4.69, 9.17) is 5.11 Å². The van der Waals surface area contributed by atoms with Crippen molar-refractivity contribution in [3.63, 3.8) is 0 Å². The summed E-state index contributed by atoms with van der Waals surface area (Å²) in [4.78, 5) is 28.4. The molecular weight excluding hydrogens is 424 g/mol. The molecule has 0 saturated carbocycles. The molecule has 0 spiro atoms. The molecule has 34 heavy (non-hydrogen) atoms. The van der Waals surface area contributed by atoms with Gasteiger partial charge in [-0.3, -0.25) is 9.59 Å². The quantitative estimate of drug-likeness (QED) is 0.589. The summed E-state index contributed by atoms with van der Waals surface area (Å²) in [6.07, 6.45) is 4.85. The van der Waals surface area contributed by atoms with E-state index in [1.54, 1.807) is 0 Å². The molecule has 2 aromatic rings. The molecule has 0 radical (unpaired) electrons. The zero-order valence-electron chi connectivity index (χ0n) is 20.8. The molecule has 4 rings (SSSR count). The highest BCUT2D eigenvalue weighted by molar-refractivity contribution is 5.78. The van der Waals surface area contributed by atoms with Crippen LogP contribution in [0.5, 0.6) is 0 Å². The molecular formula is C29H38N2O3. The van der Waals surface area contributed by atoms with Crippen LogP contribution in [0, 0.1) is 5.41 Å². The van der Waals surface area contributed by atoms with Crippen LogP contribution >= 0.6 is 0 Å². The number of carbonyl (C=O) groups excluding carboxylic acids is 1. The Bertz CT molecular complexity index is 1030. The van der Waals surface area contributed by atoms with Gasteiger partial charge in [0.05, 0.1) is 6.42 Å². The number of carbonyl (C=O) groups is 2. The summed E-state index contributed by atoms with van der Waals surface area (Å²) in [5, 5.41) is 9.09. The lowest BCUT2D eigenvalue weighted by Crippen LogP contribution is -2.38. The van der Waals surface area contributed by atoms with Gasteiger partial charge in [0, 0.05) is 32.1 Å². The van der Waals surface area contributed by atoms with E-state index in [0.29, 0.717) is 13.1 Å². The minimum absolute atomic E-state index is 0.00267. The summed E-state index contributed by atoms with van der Waals surface area (Å²) in [7, 11) is 0. The molecule has 0 aliphatic carbocycles. The number of amides is 1. The molecule has 1 unspecified atom stereocenters. The Hall–Kier alpha value is -2.66. The number of rotatable bonds is 8. The number of hydrogen-bond donors (Lipinski definition) is 1. The van der Waals surface area contributed by atoms with Gasteiger partial charge in [0.15, 0.2) is 0 Å². The molecule has 5 heteroatoms. The molecule has 182 valence electrons. The van der Waals surface area contributed by atoms with E-state index < -0.39 is 11.4 Å². The molecule has 1 atom stereocenters. The molecule has 2 heterocycles. The maximum atomic E-state index is 12.8. The lowest BCUT2D eigenvalue weighted by Gasteiger charge is -2.32. The van der Waals surface area contributed by atoms with Crippen LogP contribution in [0.4, 0.5) is 0 Å². The standard InChI is InChI=1S/C29H38N2O3/c1-21-5-4-14-30(21)15-12-22-6-8-23(9-7-22)24-10-11-26-20-31(16-13-25(26)17-24)27(32)18-29(2,3)19-28(33)34/h6-11,17,21H,4-5,12-16,18-20H2,1-3H3,(H,33,34). The van der Waals surface area contributed by atoms with Crippen molar-refractivity contribution in [1.29, 1.82) is 0 Å². The van der Waals surface area contributed by atoms with Crippen LogP contribution in [0.25, 0.3) is 11.1 Å². The first-order chi connectivity index (χ1) is 16.2. The molecule has 5 nitrogen and oxygen atoms in total. The third-order valence-electron chi connectivity index (χ3n) is 7.50. The smallest absolute Gasteiger partial charge is 0.303 e. The van der Waals surface area contributed by atoms with Crippen molar-refractivity contribution in [2.24, 2.45) is 5.41 Å². The molecule has 0 aromatic heterocycles. The van der Waals surface area contributed by atoms with Crippen molar-refractivity contribution in [1.82, 2.24) is 9.80 Å². The van der Waals surface area contributed by atoms with Gasteiger partial charge in [0.2, 0.25) is 5.91 Å². The van der Waals surface area contributed by atoms with Crippen LogP contribution in [-0.4, -0.2) is 52.5 Å². The Morgan fingerprint density at radius 1 is 1.00 bits per heavy atom. The van der Waals surface area contributed by atoms with E-state index in [1.807, 2.05) is 18.7 Å². The van der Waals surface area contributed by atoms with E-state index in [1.165, 1.54) is 47.2 Å². The summed E-state index contributed by atoms with van der Waals surface area (Å²) < 4.78 is 0. The second-order valence-corrected chi connectivity index (χ2v) is 10.9. The Kier molecular flexibility index (Phi) is 7.42. The topological polar surface area (TPSA) is 60.9 Å². The van der Waals surface area contributed by atoms with Crippen molar-refractivity contribution in [2.75, 3.05) is 19.6 Å². The Morgan fingerprint density at radius 3 is 2.41 bits per heavy atom. The monoisotopic (exact) mass is 462 g/mol. The first kappa shape index (κ1) is 24.5. The van der Waals surface area contributed by atoms with Crippen molar-refractivity contribution in [3.8, 4) is 11.1 Å². The van der Waals surface area contributed by atoms with E-state index in [-0.39, 0.29) is 18.7 Å². The van der Waals surface area contributed by atoms with Gasteiger partial charge in [-0.15, -0.1) is 0 Å². The van der Waals surface area contributed by atoms with Crippen LogP contribution in [0.2, 0.25) is 0 Å². The number of fused-ring (bicyclic) bond motifs is 1. The molecule has 2 aliphatic rings. The number of likely N-dealkylation sites (tertiary alicyclic amines) is 1. The summed E-state index contributed by atoms with van der Waals surface area (Å²) >= 11 is 0.